The molecule has 0 N–H and O–H groups in total. The van der Waals surface area contributed by atoms with Gasteiger partial charge in [-0.2, -0.15) is 0 Å². The standard InChI is InChI=1S/C15H22N2O4/c1-2-16-7-8-17(10-12(16)18)14(20)11-9-13(19)21-15(11)5-3-4-6-15/h11H,2-10H2,1H3. The van der Waals surface area contributed by atoms with Gasteiger partial charge in [-0.05, 0) is 32.6 Å². The molecule has 0 aromatic carbocycles. The van der Waals surface area contributed by atoms with E-state index in [-0.39, 0.29) is 30.7 Å². The average molecular weight is 294 g/mol. The lowest BCUT2D eigenvalue weighted by molar-refractivity contribution is -0.155. The van der Waals surface area contributed by atoms with Crippen molar-refractivity contribution in [2.45, 2.75) is 44.6 Å². The Bertz CT molecular complexity index is 470. The molecule has 6 heteroatoms. The Morgan fingerprint density at radius 2 is 2.00 bits per heavy atom. The summed E-state index contributed by atoms with van der Waals surface area (Å²) in [5.41, 5.74) is -0.584. The Morgan fingerprint density at radius 1 is 1.29 bits per heavy atom. The number of esters is 1. The van der Waals surface area contributed by atoms with Gasteiger partial charge >= 0.3 is 5.97 Å². The lowest BCUT2D eigenvalue weighted by Gasteiger charge is -2.37. The summed E-state index contributed by atoms with van der Waals surface area (Å²) in [6, 6.07) is 0. The van der Waals surface area contributed by atoms with Crippen molar-refractivity contribution in [3.05, 3.63) is 0 Å². The van der Waals surface area contributed by atoms with E-state index < -0.39 is 11.5 Å². The molecule has 0 bridgehead atoms. The van der Waals surface area contributed by atoms with Crippen LogP contribution in [0.1, 0.15) is 39.0 Å². The van der Waals surface area contributed by atoms with Crippen molar-refractivity contribution in [1.82, 2.24) is 9.80 Å². The van der Waals surface area contributed by atoms with Crippen LogP contribution < -0.4 is 0 Å². The summed E-state index contributed by atoms with van der Waals surface area (Å²) >= 11 is 0. The van der Waals surface area contributed by atoms with E-state index in [1.165, 1.54) is 0 Å². The Kier molecular flexibility index (Phi) is 3.63. The number of hydrogen-bond donors (Lipinski definition) is 0. The number of ether oxygens (including phenoxy) is 1. The molecule has 3 fully saturated rings. The molecule has 0 radical (unpaired) electrons. The van der Waals surface area contributed by atoms with Gasteiger partial charge in [0.1, 0.15) is 5.60 Å². The van der Waals surface area contributed by atoms with Gasteiger partial charge < -0.3 is 14.5 Å². The monoisotopic (exact) mass is 294 g/mol. The SMILES string of the molecule is CCN1CCN(C(=O)C2CC(=O)OC23CCCC3)CC1=O. The van der Waals surface area contributed by atoms with Crippen LogP contribution >= 0.6 is 0 Å². The first kappa shape index (κ1) is 14.4. The van der Waals surface area contributed by atoms with Gasteiger partial charge in [0.05, 0.1) is 18.9 Å². The van der Waals surface area contributed by atoms with Crippen molar-refractivity contribution in [1.29, 1.82) is 0 Å². The van der Waals surface area contributed by atoms with E-state index in [1.807, 2.05) is 6.92 Å². The molecule has 2 heterocycles. The molecule has 2 amide bonds. The highest BCUT2D eigenvalue weighted by Crippen LogP contribution is 2.46. The maximum absolute atomic E-state index is 12.8. The topological polar surface area (TPSA) is 66.9 Å². The van der Waals surface area contributed by atoms with Gasteiger partial charge in [0.2, 0.25) is 11.8 Å². The number of nitrogens with zero attached hydrogens (tertiary/aromatic N) is 2. The summed E-state index contributed by atoms with van der Waals surface area (Å²) in [4.78, 5) is 39.8. The molecule has 0 aromatic rings. The highest BCUT2D eigenvalue weighted by Gasteiger charge is 2.55. The van der Waals surface area contributed by atoms with Crippen LogP contribution in [0.25, 0.3) is 0 Å². The number of rotatable bonds is 2. The summed E-state index contributed by atoms with van der Waals surface area (Å²) in [5, 5.41) is 0. The second-order valence-electron chi connectivity index (χ2n) is 6.24. The smallest absolute Gasteiger partial charge is 0.307 e. The number of carbonyl (C=O) groups is 3. The largest absolute Gasteiger partial charge is 0.458 e. The first-order valence-electron chi connectivity index (χ1n) is 7.84. The van der Waals surface area contributed by atoms with Crippen LogP contribution in [-0.2, 0) is 19.1 Å². The van der Waals surface area contributed by atoms with E-state index in [9.17, 15) is 14.4 Å². The molecule has 3 rings (SSSR count). The maximum atomic E-state index is 12.8. The van der Waals surface area contributed by atoms with E-state index >= 15 is 0 Å². The zero-order valence-corrected chi connectivity index (χ0v) is 12.5. The van der Waals surface area contributed by atoms with Crippen LogP contribution in [0.4, 0.5) is 0 Å². The lowest BCUT2D eigenvalue weighted by atomic mass is 9.84. The molecular weight excluding hydrogens is 272 g/mol. The van der Waals surface area contributed by atoms with Gasteiger partial charge in [0.15, 0.2) is 0 Å². The molecule has 1 atom stereocenters. The van der Waals surface area contributed by atoms with Crippen molar-refractivity contribution in [2.24, 2.45) is 5.92 Å². The van der Waals surface area contributed by atoms with E-state index in [1.54, 1.807) is 9.80 Å². The number of likely N-dealkylation sites (N-methyl/N-ethyl adjacent to an activating group) is 1. The lowest BCUT2D eigenvalue weighted by Crippen LogP contribution is -2.55. The fourth-order valence-corrected chi connectivity index (χ4v) is 3.88. The summed E-state index contributed by atoms with van der Waals surface area (Å²) in [6.07, 6.45) is 3.72. The van der Waals surface area contributed by atoms with E-state index in [2.05, 4.69) is 0 Å². The minimum Gasteiger partial charge on any atom is -0.458 e. The first-order valence-corrected chi connectivity index (χ1v) is 7.84. The molecule has 1 unspecified atom stereocenters. The normalized spacial score (nSPS) is 28.3. The minimum absolute atomic E-state index is 0.0113. The average Bonchev–Trinajstić information content (AvgIpc) is 3.05. The fraction of sp³-hybridized carbons (Fsp3) is 0.800. The first-order chi connectivity index (χ1) is 10.1. The quantitative estimate of drug-likeness (QED) is 0.698. The Balaban J connectivity index is 1.73. The summed E-state index contributed by atoms with van der Waals surface area (Å²) in [6.45, 7) is 3.88. The Morgan fingerprint density at radius 3 is 2.62 bits per heavy atom. The second-order valence-corrected chi connectivity index (χ2v) is 6.24. The van der Waals surface area contributed by atoms with Crippen molar-refractivity contribution >= 4 is 17.8 Å². The van der Waals surface area contributed by atoms with Crippen molar-refractivity contribution < 1.29 is 19.1 Å². The van der Waals surface area contributed by atoms with Gasteiger partial charge in [0.25, 0.3) is 0 Å². The van der Waals surface area contributed by atoms with Crippen LogP contribution in [0, 0.1) is 5.92 Å². The zero-order valence-electron chi connectivity index (χ0n) is 12.5. The van der Waals surface area contributed by atoms with Crippen LogP contribution in [0.15, 0.2) is 0 Å². The van der Waals surface area contributed by atoms with E-state index in [4.69, 9.17) is 4.74 Å². The third kappa shape index (κ3) is 2.40. The van der Waals surface area contributed by atoms with Crippen LogP contribution in [0.5, 0.6) is 0 Å². The third-order valence-electron chi connectivity index (χ3n) is 5.08. The number of amides is 2. The summed E-state index contributed by atoms with van der Waals surface area (Å²) in [5.74, 6) is -0.753. The minimum atomic E-state index is -0.584. The van der Waals surface area contributed by atoms with Crippen molar-refractivity contribution in [3.63, 3.8) is 0 Å². The van der Waals surface area contributed by atoms with Gasteiger partial charge in [-0.25, -0.2) is 0 Å². The predicted molar refractivity (Wildman–Crippen MR) is 74.2 cm³/mol. The predicted octanol–water partition coefficient (Wildman–Crippen LogP) is 0.553. The maximum Gasteiger partial charge on any atom is 0.307 e. The van der Waals surface area contributed by atoms with Crippen LogP contribution in [-0.4, -0.2) is 59.4 Å². The highest BCUT2D eigenvalue weighted by atomic mass is 16.6. The molecule has 21 heavy (non-hydrogen) atoms. The van der Waals surface area contributed by atoms with Crippen molar-refractivity contribution in [3.8, 4) is 0 Å². The highest BCUT2D eigenvalue weighted by molar-refractivity contribution is 5.91. The Labute approximate surface area is 124 Å². The number of carbonyl (C=O) groups excluding carboxylic acids is 3. The number of piperazine rings is 1. The zero-order chi connectivity index (χ0) is 15.0. The van der Waals surface area contributed by atoms with Gasteiger partial charge in [-0.1, -0.05) is 0 Å². The summed E-state index contributed by atoms with van der Waals surface area (Å²) < 4.78 is 5.52. The van der Waals surface area contributed by atoms with E-state index in [0.717, 1.165) is 25.7 Å². The molecular formula is C15H22N2O4. The Hall–Kier alpha value is -1.59. The molecule has 0 aromatic heterocycles. The van der Waals surface area contributed by atoms with E-state index in [0.29, 0.717) is 19.6 Å². The van der Waals surface area contributed by atoms with Crippen LogP contribution in [0.2, 0.25) is 0 Å². The molecule has 3 aliphatic rings. The molecule has 1 saturated carbocycles. The summed E-state index contributed by atoms with van der Waals surface area (Å²) in [7, 11) is 0. The van der Waals surface area contributed by atoms with Crippen molar-refractivity contribution in [2.75, 3.05) is 26.2 Å². The second kappa shape index (κ2) is 5.31. The van der Waals surface area contributed by atoms with Gasteiger partial charge in [-0.3, -0.25) is 14.4 Å². The van der Waals surface area contributed by atoms with Crippen LogP contribution in [0.3, 0.4) is 0 Å². The van der Waals surface area contributed by atoms with Gasteiger partial charge in [0, 0.05) is 19.6 Å². The molecule has 2 saturated heterocycles. The number of hydrogen-bond acceptors (Lipinski definition) is 4. The third-order valence-corrected chi connectivity index (χ3v) is 5.08. The van der Waals surface area contributed by atoms with Gasteiger partial charge in [-0.15, -0.1) is 0 Å². The molecule has 6 nitrogen and oxygen atoms in total. The fourth-order valence-electron chi connectivity index (χ4n) is 3.88. The molecule has 116 valence electrons. The molecule has 1 spiro atoms. The molecule has 2 aliphatic heterocycles. The molecule has 1 aliphatic carbocycles.